The maximum atomic E-state index is 13.0. The van der Waals surface area contributed by atoms with Crippen LogP contribution in [0.4, 0.5) is 0 Å². The van der Waals surface area contributed by atoms with Gasteiger partial charge in [0, 0.05) is 12.5 Å². The standard InChI is InChI=1S/C36H54O7S/c1-5-26-30-19-23(37)13-15-36(30,4)29-14-16-35(3)27(10-11-28(35)33(29)34(26)39)22(2)7-6-8-24(38)21-44(40,41)25-9-12-31-32(20-25)43-18-17-42-31/h9,12,20,22-23,26-30,33-34,37,39H,5-8,10-11,13-19,21H2,1-4H3/t22-,23-,26-,27-,28+,29+,30+,33+,34-,35-,36-/m1/s1. The van der Waals surface area contributed by atoms with Crippen LogP contribution in [0, 0.1) is 52.3 Å². The van der Waals surface area contributed by atoms with E-state index in [0.717, 1.165) is 44.9 Å². The van der Waals surface area contributed by atoms with E-state index < -0.39 is 15.6 Å². The van der Waals surface area contributed by atoms with Crippen molar-refractivity contribution in [2.24, 2.45) is 52.3 Å². The van der Waals surface area contributed by atoms with Crippen LogP contribution in [-0.4, -0.2) is 55.6 Å². The maximum Gasteiger partial charge on any atom is 0.185 e. The van der Waals surface area contributed by atoms with E-state index in [-0.39, 0.29) is 46.1 Å². The van der Waals surface area contributed by atoms with Gasteiger partial charge in [-0.25, -0.2) is 8.42 Å². The van der Waals surface area contributed by atoms with Crippen molar-refractivity contribution in [2.45, 2.75) is 115 Å². The monoisotopic (exact) mass is 630 g/mol. The largest absolute Gasteiger partial charge is 0.486 e. The molecule has 7 nitrogen and oxygen atoms in total. The number of hydrogen-bond acceptors (Lipinski definition) is 7. The highest BCUT2D eigenvalue weighted by atomic mass is 32.2. The first-order chi connectivity index (χ1) is 20.9. The molecule has 246 valence electrons. The van der Waals surface area contributed by atoms with E-state index in [4.69, 9.17) is 9.47 Å². The number of ketones is 1. The number of carbonyl (C=O) groups is 1. The van der Waals surface area contributed by atoms with Gasteiger partial charge in [0.05, 0.1) is 17.1 Å². The van der Waals surface area contributed by atoms with E-state index in [2.05, 4.69) is 27.7 Å². The van der Waals surface area contributed by atoms with Crippen molar-refractivity contribution >= 4 is 15.6 Å². The van der Waals surface area contributed by atoms with Crippen LogP contribution in [0.1, 0.15) is 98.3 Å². The van der Waals surface area contributed by atoms with Gasteiger partial charge in [0.2, 0.25) is 0 Å². The maximum absolute atomic E-state index is 13.0. The molecule has 1 heterocycles. The van der Waals surface area contributed by atoms with Crippen molar-refractivity contribution < 1.29 is 32.9 Å². The smallest absolute Gasteiger partial charge is 0.185 e. The van der Waals surface area contributed by atoms with Crippen molar-refractivity contribution in [3.8, 4) is 11.5 Å². The average molecular weight is 631 g/mol. The number of ether oxygens (including phenoxy) is 2. The summed E-state index contributed by atoms with van der Waals surface area (Å²) in [6, 6.07) is 4.56. The summed E-state index contributed by atoms with van der Waals surface area (Å²) in [5.74, 6) is 3.26. The number of hydrogen-bond donors (Lipinski definition) is 2. The van der Waals surface area contributed by atoms with Gasteiger partial charge < -0.3 is 19.7 Å². The van der Waals surface area contributed by atoms with E-state index in [1.807, 2.05) is 0 Å². The molecule has 0 amide bonds. The molecule has 0 spiro atoms. The van der Waals surface area contributed by atoms with Crippen LogP contribution in [0.25, 0.3) is 0 Å². The predicted molar refractivity (Wildman–Crippen MR) is 169 cm³/mol. The molecule has 6 rings (SSSR count). The van der Waals surface area contributed by atoms with Crippen molar-refractivity contribution in [1.82, 2.24) is 0 Å². The summed E-state index contributed by atoms with van der Waals surface area (Å²) in [5, 5.41) is 22.5. The second-order valence-corrected chi connectivity index (χ2v) is 17.6. The third-order valence-electron chi connectivity index (χ3n) is 13.5. The van der Waals surface area contributed by atoms with Crippen molar-refractivity contribution in [2.75, 3.05) is 19.0 Å². The Labute approximate surface area is 264 Å². The van der Waals surface area contributed by atoms with Gasteiger partial charge >= 0.3 is 0 Å². The van der Waals surface area contributed by atoms with Gasteiger partial charge in [-0.1, -0.05) is 40.5 Å². The van der Waals surface area contributed by atoms with Gasteiger partial charge in [-0.05, 0) is 116 Å². The topological polar surface area (TPSA) is 110 Å². The van der Waals surface area contributed by atoms with Gasteiger partial charge in [0.15, 0.2) is 21.3 Å². The molecule has 8 heteroatoms. The van der Waals surface area contributed by atoms with Crippen LogP contribution < -0.4 is 9.47 Å². The molecule has 4 saturated carbocycles. The second kappa shape index (κ2) is 12.2. The third kappa shape index (κ3) is 5.53. The minimum absolute atomic E-state index is 0.101. The number of rotatable bonds is 9. The zero-order chi connectivity index (χ0) is 31.4. The number of aliphatic hydroxyl groups excluding tert-OH is 2. The molecule has 44 heavy (non-hydrogen) atoms. The Morgan fingerprint density at radius 2 is 1.68 bits per heavy atom. The molecule has 4 aliphatic carbocycles. The fourth-order valence-corrected chi connectivity index (χ4v) is 12.6. The summed E-state index contributed by atoms with van der Waals surface area (Å²) in [6.45, 7) is 10.3. The molecule has 11 atom stereocenters. The quantitative estimate of drug-likeness (QED) is 0.333. The van der Waals surface area contributed by atoms with Crippen LogP contribution in [-0.2, 0) is 14.6 Å². The Kier molecular flexibility index (Phi) is 8.95. The van der Waals surface area contributed by atoms with Gasteiger partial charge in [-0.3, -0.25) is 4.79 Å². The van der Waals surface area contributed by atoms with Crippen LogP contribution in [0.5, 0.6) is 11.5 Å². The molecule has 1 aliphatic heterocycles. The third-order valence-corrected chi connectivity index (χ3v) is 15.2. The van der Waals surface area contributed by atoms with Crippen molar-refractivity contribution in [3.63, 3.8) is 0 Å². The lowest BCUT2D eigenvalue weighted by Crippen LogP contribution is -2.62. The zero-order valence-corrected chi connectivity index (χ0v) is 28.0. The van der Waals surface area contributed by atoms with Gasteiger partial charge in [0.1, 0.15) is 24.7 Å². The average Bonchev–Trinajstić information content (AvgIpc) is 3.35. The lowest BCUT2D eigenvalue weighted by atomic mass is 9.41. The lowest BCUT2D eigenvalue weighted by Gasteiger charge is -2.64. The highest BCUT2D eigenvalue weighted by molar-refractivity contribution is 7.92. The van der Waals surface area contributed by atoms with Gasteiger partial charge in [0.25, 0.3) is 0 Å². The fraction of sp³-hybridized carbons (Fsp3) is 0.806. The van der Waals surface area contributed by atoms with Crippen molar-refractivity contribution in [3.05, 3.63) is 18.2 Å². The Morgan fingerprint density at radius 1 is 0.977 bits per heavy atom. The minimum atomic E-state index is -3.75. The molecule has 4 fully saturated rings. The fourth-order valence-electron chi connectivity index (χ4n) is 11.3. The van der Waals surface area contributed by atoms with E-state index in [9.17, 15) is 23.4 Å². The van der Waals surface area contributed by atoms with Crippen LogP contribution in [0.2, 0.25) is 0 Å². The molecular formula is C36H54O7S. The molecular weight excluding hydrogens is 576 g/mol. The van der Waals surface area contributed by atoms with E-state index in [1.165, 1.54) is 25.0 Å². The van der Waals surface area contributed by atoms with E-state index in [1.54, 1.807) is 6.07 Å². The SMILES string of the molecule is CC[C@H]1[C@@H](O)[C@@H]2[C@H](CC[C@]3(C)[C@@H]([C@H](C)CCCC(=O)CS(=O)(=O)c4ccc5c(c4)OCCO5)CC[C@@H]23)[C@@]2(C)CC[C@@H](O)C[C@@H]12. The summed E-state index contributed by atoms with van der Waals surface area (Å²) in [4.78, 5) is 13.0. The molecule has 5 aliphatic rings. The first-order valence-corrected chi connectivity index (χ1v) is 19.0. The summed E-state index contributed by atoms with van der Waals surface area (Å²) in [6.07, 6.45) is 9.82. The molecule has 0 bridgehead atoms. The number of Topliss-reactive ketones (excluding diaryl/α,β-unsaturated/α-hetero) is 1. The normalized spacial score (nSPS) is 40.4. The summed E-state index contributed by atoms with van der Waals surface area (Å²) < 4.78 is 37.0. The van der Waals surface area contributed by atoms with Gasteiger partial charge in [-0.15, -0.1) is 0 Å². The van der Waals surface area contributed by atoms with E-state index >= 15 is 0 Å². The molecule has 2 N–H and O–H groups in total. The highest BCUT2D eigenvalue weighted by Gasteiger charge is 2.64. The first kappa shape index (κ1) is 32.3. The molecule has 1 aromatic rings. The second-order valence-electron chi connectivity index (χ2n) is 15.6. The summed E-state index contributed by atoms with van der Waals surface area (Å²) in [5.41, 5.74) is 0.387. The number of carbonyl (C=O) groups excluding carboxylic acids is 1. The number of sulfone groups is 1. The van der Waals surface area contributed by atoms with Gasteiger partial charge in [-0.2, -0.15) is 0 Å². The predicted octanol–water partition coefficient (Wildman–Crippen LogP) is 6.23. The Balaban J connectivity index is 1.07. The lowest BCUT2D eigenvalue weighted by molar-refractivity contribution is -0.203. The van der Waals surface area contributed by atoms with Crippen LogP contribution in [0.3, 0.4) is 0 Å². The zero-order valence-electron chi connectivity index (χ0n) is 27.2. The number of aliphatic hydroxyl groups is 2. The van der Waals surface area contributed by atoms with Crippen LogP contribution in [0.15, 0.2) is 23.1 Å². The molecule has 1 aromatic carbocycles. The Bertz CT molecular complexity index is 1330. The molecule has 0 saturated heterocycles. The van der Waals surface area contributed by atoms with Crippen LogP contribution >= 0.6 is 0 Å². The molecule has 0 radical (unpaired) electrons. The first-order valence-electron chi connectivity index (χ1n) is 17.4. The van der Waals surface area contributed by atoms with E-state index in [0.29, 0.717) is 66.6 Å². The molecule has 0 aromatic heterocycles. The summed E-state index contributed by atoms with van der Waals surface area (Å²) in [7, 11) is -3.75. The highest BCUT2D eigenvalue weighted by Crippen LogP contribution is 2.69. The minimum Gasteiger partial charge on any atom is -0.486 e. The molecule has 0 unspecified atom stereocenters. The van der Waals surface area contributed by atoms with Crippen molar-refractivity contribution in [1.29, 1.82) is 0 Å². The summed E-state index contributed by atoms with van der Waals surface area (Å²) >= 11 is 0. The Hall–Kier alpha value is -1.64. The number of benzene rings is 1. The Morgan fingerprint density at radius 3 is 2.43 bits per heavy atom. The number of fused-ring (bicyclic) bond motifs is 6.